The Bertz CT molecular complexity index is 546. The number of benzene rings is 1. The minimum absolute atomic E-state index is 0. The van der Waals surface area contributed by atoms with Gasteiger partial charge in [-0.2, -0.15) is 0 Å². The zero-order chi connectivity index (χ0) is 15.2. The van der Waals surface area contributed by atoms with Crippen LogP contribution in [0.3, 0.4) is 0 Å². The molecule has 1 unspecified atom stereocenters. The van der Waals surface area contributed by atoms with Crippen LogP contribution in [0, 0.1) is 5.92 Å². The van der Waals surface area contributed by atoms with E-state index in [0.717, 1.165) is 18.5 Å². The molecule has 0 amide bonds. The van der Waals surface area contributed by atoms with Gasteiger partial charge in [-0.05, 0) is 42.9 Å². The number of aliphatic imine (C=N–C) groups is 1. The third kappa shape index (κ3) is 4.86. The number of methoxy groups -OCH3 is 1. The van der Waals surface area contributed by atoms with Crippen LogP contribution in [0.1, 0.15) is 30.9 Å². The van der Waals surface area contributed by atoms with Crippen molar-refractivity contribution in [1.82, 2.24) is 0 Å². The molecular formula is C16H24IN3O2. The van der Waals surface area contributed by atoms with Crippen LogP contribution < -0.4 is 11.1 Å². The first-order chi connectivity index (χ1) is 10.1. The first-order valence-electron chi connectivity index (χ1n) is 7.37. The average Bonchev–Trinajstić information content (AvgIpc) is 2.52. The van der Waals surface area contributed by atoms with Crippen LogP contribution >= 0.6 is 24.0 Å². The van der Waals surface area contributed by atoms with Crippen LogP contribution in [-0.4, -0.2) is 25.6 Å². The highest BCUT2D eigenvalue weighted by Gasteiger charge is 2.14. The van der Waals surface area contributed by atoms with Gasteiger partial charge >= 0.3 is 5.97 Å². The van der Waals surface area contributed by atoms with E-state index >= 15 is 0 Å². The third-order valence-corrected chi connectivity index (χ3v) is 3.80. The van der Waals surface area contributed by atoms with Gasteiger partial charge in [0, 0.05) is 5.69 Å². The van der Waals surface area contributed by atoms with E-state index in [2.05, 4.69) is 21.1 Å². The van der Waals surface area contributed by atoms with Gasteiger partial charge in [-0.25, -0.2) is 0 Å². The monoisotopic (exact) mass is 417 g/mol. The van der Waals surface area contributed by atoms with E-state index < -0.39 is 0 Å². The minimum atomic E-state index is -0.292. The number of fused-ring (bicyclic) bond motifs is 1. The molecule has 0 radical (unpaired) electrons. The molecule has 122 valence electrons. The number of nitrogens with zero attached hydrogens (tertiary/aromatic N) is 1. The molecule has 0 spiro atoms. The van der Waals surface area contributed by atoms with Crippen molar-refractivity contribution in [1.29, 1.82) is 0 Å². The Morgan fingerprint density at radius 2 is 2.14 bits per heavy atom. The van der Waals surface area contributed by atoms with Crippen molar-refractivity contribution in [3.8, 4) is 0 Å². The molecule has 1 aromatic carbocycles. The molecule has 0 saturated heterocycles. The van der Waals surface area contributed by atoms with Crippen molar-refractivity contribution in [2.45, 2.75) is 32.6 Å². The fourth-order valence-corrected chi connectivity index (χ4v) is 2.59. The van der Waals surface area contributed by atoms with Gasteiger partial charge in [0.05, 0.1) is 19.6 Å². The van der Waals surface area contributed by atoms with Crippen LogP contribution in [0.2, 0.25) is 0 Å². The smallest absolute Gasteiger partial charge is 0.310 e. The van der Waals surface area contributed by atoms with E-state index in [1.54, 1.807) is 6.92 Å². The molecule has 0 fully saturated rings. The van der Waals surface area contributed by atoms with Crippen molar-refractivity contribution in [3.05, 3.63) is 29.3 Å². The van der Waals surface area contributed by atoms with Crippen molar-refractivity contribution in [2.24, 2.45) is 16.6 Å². The number of nitrogens with two attached hydrogens (primary N) is 1. The second kappa shape index (κ2) is 8.97. The predicted molar refractivity (Wildman–Crippen MR) is 99.8 cm³/mol. The quantitative estimate of drug-likeness (QED) is 0.342. The zero-order valence-electron chi connectivity index (χ0n) is 13.1. The van der Waals surface area contributed by atoms with E-state index in [9.17, 15) is 4.79 Å². The summed E-state index contributed by atoms with van der Waals surface area (Å²) in [6.07, 6.45) is 4.66. The second-order valence-electron chi connectivity index (χ2n) is 5.43. The molecule has 22 heavy (non-hydrogen) atoms. The maximum Gasteiger partial charge on any atom is 0.310 e. The highest BCUT2D eigenvalue weighted by Crippen LogP contribution is 2.27. The summed E-state index contributed by atoms with van der Waals surface area (Å²) in [6, 6.07) is 6.24. The summed E-state index contributed by atoms with van der Waals surface area (Å²) in [4.78, 5) is 15.5. The topological polar surface area (TPSA) is 76.7 Å². The molecule has 0 saturated carbocycles. The van der Waals surface area contributed by atoms with Crippen LogP contribution in [0.4, 0.5) is 5.69 Å². The molecule has 0 aliphatic heterocycles. The maximum atomic E-state index is 11.3. The number of aryl methyl sites for hydroxylation is 1. The summed E-state index contributed by atoms with van der Waals surface area (Å²) in [7, 11) is 1.38. The molecule has 5 nitrogen and oxygen atoms in total. The molecule has 1 aliphatic rings. The largest absolute Gasteiger partial charge is 0.469 e. The standard InChI is InChI=1S/C16H23N3O2.HI/c1-11(15(20)21-2)10-18-16(17)19-14-9-5-7-12-6-3-4-8-13(12)14;/h5,7,9,11H,3-4,6,8,10H2,1-2H3,(H3,17,18,19);1H. The molecule has 0 bridgehead atoms. The number of halogens is 1. The maximum absolute atomic E-state index is 11.3. The lowest BCUT2D eigenvalue weighted by atomic mass is 9.90. The van der Waals surface area contributed by atoms with Crippen molar-refractivity contribution < 1.29 is 9.53 Å². The fraction of sp³-hybridized carbons (Fsp3) is 0.500. The summed E-state index contributed by atoms with van der Waals surface area (Å²) in [5.74, 6) is -0.228. The summed E-state index contributed by atoms with van der Waals surface area (Å²) in [5.41, 5.74) is 9.67. The number of carbonyl (C=O) groups excluding carboxylic acids is 1. The van der Waals surface area contributed by atoms with Crippen LogP contribution in [0.5, 0.6) is 0 Å². The Morgan fingerprint density at radius 3 is 2.86 bits per heavy atom. The van der Waals surface area contributed by atoms with Gasteiger partial charge in [0.1, 0.15) is 0 Å². The summed E-state index contributed by atoms with van der Waals surface area (Å²) in [6.45, 7) is 2.09. The summed E-state index contributed by atoms with van der Waals surface area (Å²) in [5, 5.41) is 3.16. The Labute approximate surface area is 148 Å². The van der Waals surface area contributed by atoms with Crippen LogP contribution in [0.25, 0.3) is 0 Å². The predicted octanol–water partition coefficient (Wildman–Crippen LogP) is 2.72. The Morgan fingerprint density at radius 1 is 1.41 bits per heavy atom. The second-order valence-corrected chi connectivity index (χ2v) is 5.43. The van der Waals surface area contributed by atoms with E-state index in [4.69, 9.17) is 5.73 Å². The fourth-order valence-electron chi connectivity index (χ4n) is 2.59. The van der Waals surface area contributed by atoms with Crippen molar-refractivity contribution in [3.63, 3.8) is 0 Å². The number of guanidine groups is 1. The zero-order valence-corrected chi connectivity index (χ0v) is 15.4. The Hall–Kier alpha value is -1.31. The number of ether oxygens (including phenoxy) is 1. The highest BCUT2D eigenvalue weighted by molar-refractivity contribution is 14.0. The average molecular weight is 417 g/mol. The van der Waals surface area contributed by atoms with Crippen LogP contribution in [-0.2, 0) is 22.4 Å². The van der Waals surface area contributed by atoms with E-state index in [0.29, 0.717) is 12.5 Å². The minimum Gasteiger partial charge on any atom is -0.469 e. The number of carbonyl (C=O) groups is 1. The molecule has 1 atom stereocenters. The van der Waals surface area contributed by atoms with E-state index in [-0.39, 0.29) is 35.9 Å². The van der Waals surface area contributed by atoms with Gasteiger partial charge in [-0.3, -0.25) is 9.79 Å². The number of hydrogen-bond donors (Lipinski definition) is 2. The van der Waals surface area contributed by atoms with Gasteiger partial charge in [0.15, 0.2) is 5.96 Å². The van der Waals surface area contributed by atoms with Gasteiger partial charge in [0.2, 0.25) is 0 Å². The first-order valence-corrected chi connectivity index (χ1v) is 7.37. The number of esters is 1. The van der Waals surface area contributed by atoms with Gasteiger partial charge in [-0.15, -0.1) is 24.0 Å². The SMILES string of the molecule is COC(=O)C(C)CN=C(N)Nc1cccc2c1CCCC2.I. The lowest BCUT2D eigenvalue weighted by molar-refractivity contribution is -0.144. The van der Waals surface area contributed by atoms with Crippen molar-refractivity contribution in [2.75, 3.05) is 19.0 Å². The molecule has 0 heterocycles. The molecule has 2 rings (SSSR count). The van der Waals surface area contributed by atoms with Gasteiger partial charge in [0.25, 0.3) is 0 Å². The van der Waals surface area contributed by atoms with E-state index in [1.165, 1.54) is 31.1 Å². The molecule has 6 heteroatoms. The number of hydrogen-bond acceptors (Lipinski definition) is 3. The highest BCUT2D eigenvalue weighted by atomic mass is 127. The van der Waals surface area contributed by atoms with Crippen molar-refractivity contribution >= 4 is 41.6 Å². The van der Waals surface area contributed by atoms with E-state index in [1.807, 2.05) is 12.1 Å². The van der Waals surface area contributed by atoms with Gasteiger partial charge in [-0.1, -0.05) is 19.1 Å². The molecule has 1 aromatic rings. The third-order valence-electron chi connectivity index (χ3n) is 3.80. The lowest BCUT2D eigenvalue weighted by Gasteiger charge is -2.20. The normalized spacial score (nSPS) is 15.3. The van der Waals surface area contributed by atoms with Gasteiger partial charge < -0.3 is 15.8 Å². The molecule has 3 N–H and O–H groups in total. The number of anilines is 1. The summed E-state index contributed by atoms with van der Waals surface area (Å²) >= 11 is 0. The summed E-state index contributed by atoms with van der Waals surface area (Å²) < 4.78 is 4.67. The first kappa shape index (κ1) is 18.7. The number of rotatable bonds is 4. The Kier molecular flexibility index (Phi) is 7.64. The molecular weight excluding hydrogens is 393 g/mol. The Balaban J connectivity index is 0.00000242. The molecule has 0 aromatic heterocycles. The number of nitrogens with one attached hydrogen (secondary N) is 1. The molecule has 1 aliphatic carbocycles. The lowest BCUT2D eigenvalue weighted by Crippen LogP contribution is -2.26. The van der Waals surface area contributed by atoms with Crippen LogP contribution in [0.15, 0.2) is 23.2 Å².